The van der Waals surface area contributed by atoms with Gasteiger partial charge in [0.05, 0.1) is 6.54 Å². The van der Waals surface area contributed by atoms with Gasteiger partial charge in [-0.1, -0.05) is 23.7 Å². The zero-order valence-corrected chi connectivity index (χ0v) is 12.5. The first-order valence-electron chi connectivity index (χ1n) is 6.52. The lowest BCUT2D eigenvalue weighted by atomic mass is 10.2. The third-order valence-electron chi connectivity index (χ3n) is 3.15. The lowest BCUT2D eigenvalue weighted by Gasteiger charge is -2.21. The molecule has 1 heterocycles. The Labute approximate surface area is 127 Å². The number of hydrogen-bond donors (Lipinski definition) is 1. The van der Waals surface area contributed by atoms with Crippen molar-refractivity contribution in [2.75, 3.05) is 7.05 Å². The maximum Gasteiger partial charge on any atom is 0.320 e. The van der Waals surface area contributed by atoms with Gasteiger partial charge in [0.1, 0.15) is 6.04 Å². The van der Waals surface area contributed by atoms with E-state index in [1.54, 1.807) is 36.2 Å². The molecule has 1 aromatic carbocycles. The quantitative estimate of drug-likeness (QED) is 0.883. The first kappa shape index (κ1) is 15.5. The Bertz CT molecular complexity index is 612. The number of carboxylic acid groups (broad SMARTS) is 1. The number of aromatic nitrogens is 2. The molecule has 6 nitrogen and oxygen atoms in total. The Morgan fingerprint density at radius 3 is 2.67 bits per heavy atom. The second-order valence-corrected chi connectivity index (χ2v) is 5.14. The molecule has 21 heavy (non-hydrogen) atoms. The van der Waals surface area contributed by atoms with E-state index in [-0.39, 0.29) is 0 Å². The normalized spacial score (nSPS) is 12.6. The van der Waals surface area contributed by atoms with E-state index in [0.717, 1.165) is 5.56 Å². The zero-order valence-electron chi connectivity index (χ0n) is 11.8. The van der Waals surface area contributed by atoms with Crippen molar-refractivity contribution in [3.63, 3.8) is 0 Å². The second-order valence-electron chi connectivity index (χ2n) is 4.70. The van der Waals surface area contributed by atoms with E-state index in [1.165, 1.54) is 0 Å². The highest BCUT2D eigenvalue weighted by atomic mass is 35.5. The number of carbonyl (C=O) groups is 1. The molecule has 0 saturated heterocycles. The van der Waals surface area contributed by atoms with Gasteiger partial charge in [-0.15, -0.1) is 0 Å². The fourth-order valence-electron chi connectivity index (χ4n) is 2.04. The predicted molar refractivity (Wildman–Crippen MR) is 77.9 cm³/mol. The number of halogens is 1. The lowest BCUT2D eigenvalue weighted by Crippen LogP contribution is -2.37. The van der Waals surface area contributed by atoms with Crippen LogP contribution in [0.15, 0.2) is 28.8 Å². The van der Waals surface area contributed by atoms with Crippen LogP contribution in [0.3, 0.4) is 0 Å². The SMILES string of the molecule is CCC(C(=O)O)N(C)Cc1noc(-c2ccc(Cl)cc2)n1. The summed E-state index contributed by atoms with van der Waals surface area (Å²) < 4.78 is 5.19. The molecule has 2 aromatic rings. The number of nitrogens with zero attached hydrogens (tertiary/aromatic N) is 3. The van der Waals surface area contributed by atoms with E-state index in [9.17, 15) is 4.79 Å². The van der Waals surface area contributed by atoms with Crippen molar-refractivity contribution >= 4 is 17.6 Å². The van der Waals surface area contributed by atoms with Gasteiger partial charge in [-0.3, -0.25) is 9.69 Å². The van der Waals surface area contributed by atoms with E-state index < -0.39 is 12.0 Å². The number of likely N-dealkylation sites (N-methyl/N-ethyl adjacent to an activating group) is 1. The predicted octanol–water partition coefficient (Wildman–Crippen LogP) is 2.69. The minimum absolute atomic E-state index is 0.307. The monoisotopic (exact) mass is 309 g/mol. The number of hydrogen-bond acceptors (Lipinski definition) is 5. The van der Waals surface area contributed by atoms with Crippen molar-refractivity contribution in [2.45, 2.75) is 25.9 Å². The molecule has 0 aliphatic heterocycles. The average molecular weight is 310 g/mol. The summed E-state index contributed by atoms with van der Waals surface area (Å²) in [4.78, 5) is 17.1. The van der Waals surface area contributed by atoms with E-state index in [1.807, 2.05) is 6.92 Å². The van der Waals surface area contributed by atoms with Crippen LogP contribution in [0, 0.1) is 0 Å². The summed E-state index contributed by atoms with van der Waals surface area (Å²) in [5, 5.41) is 13.6. The summed E-state index contributed by atoms with van der Waals surface area (Å²) in [5.74, 6) is -0.0259. The molecule has 7 heteroatoms. The molecule has 0 spiro atoms. The topological polar surface area (TPSA) is 79.5 Å². The highest BCUT2D eigenvalue weighted by Crippen LogP contribution is 2.20. The smallest absolute Gasteiger partial charge is 0.320 e. The Hall–Kier alpha value is -1.92. The molecular formula is C14H16ClN3O3. The summed E-state index contributed by atoms with van der Waals surface area (Å²) in [6, 6.07) is 6.49. The van der Waals surface area contributed by atoms with Gasteiger partial charge in [0, 0.05) is 10.6 Å². The molecule has 1 atom stereocenters. The highest BCUT2D eigenvalue weighted by Gasteiger charge is 2.22. The van der Waals surface area contributed by atoms with Gasteiger partial charge in [-0.05, 0) is 37.7 Å². The van der Waals surface area contributed by atoms with Crippen LogP contribution in [-0.2, 0) is 11.3 Å². The number of rotatable bonds is 6. The summed E-state index contributed by atoms with van der Waals surface area (Å²) in [6.07, 6.45) is 0.508. The van der Waals surface area contributed by atoms with Crippen molar-refractivity contribution in [3.8, 4) is 11.5 Å². The van der Waals surface area contributed by atoms with Crippen LogP contribution in [0.2, 0.25) is 5.02 Å². The van der Waals surface area contributed by atoms with Crippen LogP contribution >= 0.6 is 11.6 Å². The largest absolute Gasteiger partial charge is 0.480 e. The van der Waals surface area contributed by atoms with Crippen LogP contribution in [0.4, 0.5) is 0 Å². The molecular weight excluding hydrogens is 294 g/mol. The molecule has 1 aromatic heterocycles. The summed E-state index contributed by atoms with van der Waals surface area (Å²) >= 11 is 5.82. The van der Waals surface area contributed by atoms with Gasteiger partial charge in [0.2, 0.25) is 0 Å². The van der Waals surface area contributed by atoms with Crippen molar-refractivity contribution < 1.29 is 14.4 Å². The molecule has 112 valence electrons. The minimum atomic E-state index is -0.860. The van der Waals surface area contributed by atoms with Gasteiger partial charge in [0.15, 0.2) is 5.82 Å². The van der Waals surface area contributed by atoms with Gasteiger partial charge in [-0.2, -0.15) is 4.98 Å². The third kappa shape index (κ3) is 3.80. The molecule has 1 unspecified atom stereocenters. The number of benzene rings is 1. The van der Waals surface area contributed by atoms with Crippen molar-refractivity contribution in [2.24, 2.45) is 0 Å². The minimum Gasteiger partial charge on any atom is -0.480 e. The van der Waals surface area contributed by atoms with E-state index in [4.69, 9.17) is 21.2 Å². The number of carboxylic acids is 1. The fraction of sp³-hybridized carbons (Fsp3) is 0.357. The molecule has 0 bridgehead atoms. The molecule has 1 N–H and O–H groups in total. The van der Waals surface area contributed by atoms with Crippen molar-refractivity contribution in [1.82, 2.24) is 15.0 Å². The van der Waals surface area contributed by atoms with Crippen LogP contribution in [0.25, 0.3) is 11.5 Å². The average Bonchev–Trinajstić information content (AvgIpc) is 2.88. The van der Waals surface area contributed by atoms with Crippen molar-refractivity contribution in [1.29, 1.82) is 0 Å². The molecule has 0 aliphatic rings. The third-order valence-corrected chi connectivity index (χ3v) is 3.41. The van der Waals surface area contributed by atoms with Crippen LogP contribution in [0.5, 0.6) is 0 Å². The maximum atomic E-state index is 11.1. The zero-order chi connectivity index (χ0) is 15.4. The fourth-order valence-corrected chi connectivity index (χ4v) is 2.16. The molecule has 0 amide bonds. The van der Waals surface area contributed by atoms with Crippen molar-refractivity contribution in [3.05, 3.63) is 35.1 Å². The molecule has 0 radical (unpaired) electrons. The van der Waals surface area contributed by atoms with E-state index >= 15 is 0 Å². The molecule has 2 rings (SSSR count). The first-order valence-corrected chi connectivity index (χ1v) is 6.90. The molecule has 0 fully saturated rings. The standard InChI is InChI=1S/C14H16ClN3O3/c1-3-11(14(19)20)18(2)8-12-16-13(21-17-12)9-4-6-10(15)7-5-9/h4-7,11H,3,8H2,1-2H3,(H,19,20). The van der Waals surface area contributed by atoms with Crippen LogP contribution in [0.1, 0.15) is 19.2 Å². The van der Waals surface area contributed by atoms with E-state index in [0.29, 0.717) is 29.7 Å². The van der Waals surface area contributed by atoms with Gasteiger partial charge >= 0.3 is 5.97 Å². The van der Waals surface area contributed by atoms with Crippen LogP contribution < -0.4 is 0 Å². The number of aliphatic carboxylic acids is 1. The van der Waals surface area contributed by atoms with Crippen LogP contribution in [-0.4, -0.2) is 39.2 Å². The second kappa shape index (κ2) is 6.69. The Morgan fingerprint density at radius 2 is 2.10 bits per heavy atom. The van der Waals surface area contributed by atoms with Gasteiger partial charge in [0.25, 0.3) is 5.89 Å². The molecule has 0 saturated carbocycles. The van der Waals surface area contributed by atoms with Gasteiger partial charge < -0.3 is 9.63 Å². The highest BCUT2D eigenvalue weighted by molar-refractivity contribution is 6.30. The summed E-state index contributed by atoms with van der Waals surface area (Å²) in [7, 11) is 1.72. The Morgan fingerprint density at radius 1 is 1.43 bits per heavy atom. The molecule has 0 aliphatic carbocycles. The maximum absolute atomic E-state index is 11.1. The van der Waals surface area contributed by atoms with Gasteiger partial charge in [-0.25, -0.2) is 0 Å². The Balaban J connectivity index is 2.09. The van der Waals surface area contributed by atoms with E-state index in [2.05, 4.69) is 10.1 Å². The Kier molecular flexibility index (Phi) is 4.93. The summed E-state index contributed by atoms with van der Waals surface area (Å²) in [6.45, 7) is 2.13. The first-order chi connectivity index (χ1) is 10.0. The lowest BCUT2D eigenvalue weighted by molar-refractivity contribution is -0.143. The summed E-state index contributed by atoms with van der Waals surface area (Å²) in [5.41, 5.74) is 0.770.